The SMILES string of the molecule is C/C(C#N)=C\C=C(/C)CN(C)O[C@]1(C(=O)CO)[C@H](C)CC2[C@@H]3C[C@H](F)C4=CC(=O)C=C[C@]4(C)C3[C@@H](O)C[C@@]21C. The van der Waals surface area contributed by atoms with Crippen molar-refractivity contribution in [3.05, 3.63) is 47.1 Å². The summed E-state index contributed by atoms with van der Waals surface area (Å²) >= 11 is 0. The van der Waals surface area contributed by atoms with Crippen LogP contribution in [0.1, 0.15) is 53.9 Å². The number of ketones is 2. The molecular weight excluding hydrogens is 499 g/mol. The summed E-state index contributed by atoms with van der Waals surface area (Å²) in [6, 6.07) is 2.08. The van der Waals surface area contributed by atoms with Gasteiger partial charge < -0.3 is 10.2 Å². The predicted octanol–water partition coefficient (Wildman–Crippen LogP) is 4.04. The highest BCUT2D eigenvalue weighted by atomic mass is 19.1. The number of hydrogen-bond donors (Lipinski definition) is 2. The minimum Gasteiger partial charge on any atom is -0.393 e. The molecule has 212 valence electrons. The number of aliphatic hydroxyl groups is 2. The van der Waals surface area contributed by atoms with Crippen molar-refractivity contribution < 1.29 is 29.0 Å². The second-order valence-electron chi connectivity index (χ2n) is 12.6. The number of nitrogens with zero attached hydrogens (tertiary/aromatic N) is 2. The molecule has 9 atom stereocenters. The van der Waals surface area contributed by atoms with Crippen molar-refractivity contribution in [2.24, 2.45) is 34.5 Å². The molecule has 7 nitrogen and oxygen atoms in total. The summed E-state index contributed by atoms with van der Waals surface area (Å²) in [4.78, 5) is 32.3. The Hall–Kier alpha value is -2.44. The van der Waals surface area contributed by atoms with Crippen LogP contribution in [0, 0.1) is 45.8 Å². The minimum atomic E-state index is -1.41. The zero-order valence-electron chi connectivity index (χ0n) is 23.8. The molecule has 0 aliphatic heterocycles. The van der Waals surface area contributed by atoms with Crippen LogP contribution >= 0.6 is 0 Å². The van der Waals surface area contributed by atoms with Gasteiger partial charge in [-0.15, -0.1) is 0 Å². The fraction of sp³-hybridized carbons (Fsp3) is 0.645. The van der Waals surface area contributed by atoms with Gasteiger partial charge in [0.15, 0.2) is 17.2 Å². The Morgan fingerprint density at radius 1 is 1.31 bits per heavy atom. The number of Topliss-reactive ketones (excluding diaryl/α,β-unsaturated/α-hetero) is 1. The number of fused-ring (bicyclic) bond motifs is 5. The van der Waals surface area contributed by atoms with Crippen molar-refractivity contribution in [2.75, 3.05) is 20.2 Å². The number of hydrogen-bond acceptors (Lipinski definition) is 7. The van der Waals surface area contributed by atoms with E-state index in [9.17, 15) is 19.8 Å². The highest BCUT2D eigenvalue weighted by Crippen LogP contribution is 2.69. The summed E-state index contributed by atoms with van der Waals surface area (Å²) in [5.74, 6) is -1.65. The van der Waals surface area contributed by atoms with Gasteiger partial charge in [0, 0.05) is 35.9 Å². The van der Waals surface area contributed by atoms with Crippen molar-refractivity contribution in [3.63, 3.8) is 0 Å². The zero-order valence-corrected chi connectivity index (χ0v) is 23.8. The summed E-state index contributed by atoms with van der Waals surface area (Å²) < 4.78 is 15.7. The first kappa shape index (κ1) is 29.5. The van der Waals surface area contributed by atoms with Crippen molar-refractivity contribution in [2.45, 2.75) is 71.8 Å². The number of halogens is 1. The Morgan fingerprint density at radius 3 is 2.64 bits per heavy atom. The molecule has 3 fully saturated rings. The molecule has 0 saturated heterocycles. The molecule has 39 heavy (non-hydrogen) atoms. The van der Waals surface area contributed by atoms with Crippen molar-refractivity contribution in [1.29, 1.82) is 5.26 Å². The Balaban J connectivity index is 1.71. The molecule has 0 aromatic heterocycles. The predicted molar refractivity (Wildman–Crippen MR) is 144 cm³/mol. The third-order valence-electron chi connectivity index (χ3n) is 10.1. The molecule has 0 heterocycles. The van der Waals surface area contributed by atoms with Crippen LogP contribution < -0.4 is 0 Å². The molecule has 0 bridgehead atoms. The van der Waals surface area contributed by atoms with Crippen LogP contribution in [-0.2, 0) is 14.4 Å². The molecule has 8 heteroatoms. The van der Waals surface area contributed by atoms with Crippen molar-refractivity contribution in [1.82, 2.24) is 5.06 Å². The maximum atomic E-state index is 15.7. The van der Waals surface area contributed by atoms with Crippen molar-refractivity contribution in [3.8, 4) is 6.07 Å². The fourth-order valence-corrected chi connectivity index (χ4v) is 8.60. The lowest BCUT2D eigenvalue weighted by atomic mass is 9.46. The topological polar surface area (TPSA) is 111 Å². The van der Waals surface area contributed by atoms with Gasteiger partial charge in [-0.1, -0.05) is 38.5 Å². The lowest BCUT2D eigenvalue weighted by Gasteiger charge is -2.60. The number of nitriles is 1. The smallest absolute Gasteiger partial charge is 0.192 e. The van der Waals surface area contributed by atoms with Crippen LogP contribution in [0.2, 0.25) is 0 Å². The van der Waals surface area contributed by atoms with E-state index in [4.69, 9.17) is 10.1 Å². The maximum absolute atomic E-state index is 15.7. The lowest BCUT2D eigenvalue weighted by Crippen LogP contribution is -2.65. The first-order valence-corrected chi connectivity index (χ1v) is 13.8. The largest absolute Gasteiger partial charge is 0.393 e. The number of alkyl halides is 1. The number of allylic oxidation sites excluding steroid dienone is 7. The van der Waals surface area contributed by atoms with Gasteiger partial charge in [-0.25, -0.2) is 4.39 Å². The van der Waals surface area contributed by atoms with E-state index in [0.29, 0.717) is 24.1 Å². The van der Waals surface area contributed by atoms with Crippen LogP contribution in [0.3, 0.4) is 0 Å². The second-order valence-corrected chi connectivity index (χ2v) is 12.6. The minimum absolute atomic E-state index is 0.134. The molecule has 4 aliphatic rings. The summed E-state index contributed by atoms with van der Waals surface area (Å²) in [5, 5.41) is 32.5. The zero-order chi connectivity index (χ0) is 28.9. The molecule has 4 aliphatic carbocycles. The van der Waals surface area contributed by atoms with Gasteiger partial charge in [-0.3, -0.25) is 14.4 Å². The number of carbonyl (C=O) groups excluding carboxylic acids is 2. The van der Waals surface area contributed by atoms with Gasteiger partial charge in [0.1, 0.15) is 12.8 Å². The standard InChI is InChI=1S/C31H41FN2O5/c1-18(15-33)7-8-19(2)16-34(6)39-31(27(38)17-35)20(3)11-23-22-13-25(32)24-12-21(36)9-10-29(24,4)28(22)26(37)14-30(23,31)5/h7-10,12,20,22-23,25-26,28,35,37H,11,13-14,16-17H2,1-6H3/b18-7+,19-8+/t20-,22+,23?,25+,26+,28?,29+,30+,31+/m1/s1. The van der Waals surface area contributed by atoms with E-state index in [0.717, 1.165) is 5.57 Å². The van der Waals surface area contributed by atoms with Crippen LogP contribution in [-0.4, -0.2) is 64.9 Å². The average Bonchev–Trinajstić information content (AvgIpc) is 3.09. The molecule has 0 radical (unpaired) electrons. The first-order valence-electron chi connectivity index (χ1n) is 13.8. The van der Waals surface area contributed by atoms with Crippen LogP contribution in [0.25, 0.3) is 0 Å². The highest BCUT2D eigenvalue weighted by Gasteiger charge is 2.72. The van der Waals surface area contributed by atoms with E-state index in [2.05, 4.69) is 6.07 Å². The molecule has 0 aromatic rings. The Kier molecular flexibility index (Phi) is 7.96. The number of carbonyl (C=O) groups is 2. The van der Waals surface area contributed by atoms with E-state index in [1.165, 1.54) is 12.2 Å². The van der Waals surface area contributed by atoms with Crippen LogP contribution in [0.15, 0.2) is 47.1 Å². The lowest BCUT2D eigenvalue weighted by molar-refractivity contribution is -0.281. The molecule has 3 saturated carbocycles. The molecular formula is C31H41FN2O5. The molecule has 0 spiro atoms. The number of aliphatic hydroxyl groups excluding tert-OH is 2. The van der Waals surface area contributed by atoms with E-state index < -0.39 is 41.1 Å². The summed E-state index contributed by atoms with van der Waals surface area (Å²) in [6.45, 7) is 9.07. The number of rotatable bonds is 7. The average molecular weight is 541 g/mol. The maximum Gasteiger partial charge on any atom is 0.192 e. The van der Waals surface area contributed by atoms with Crippen LogP contribution in [0.5, 0.6) is 0 Å². The molecule has 4 rings (SSSR count). The van der Waals surface area contributed by atoms with E-state index in [1.807, 2.05) is 33.8 Å². The number of likely N-dealkylation sites (N-methyl/N-ethyl adjacent to an activating group) is 1. The van der Waals surface area contributed by atoms with Gasteiger partial charge in [0.25, 0.3) is 0 Å². The van der Waals surface area contributed by atoms with Gasteiger partial charge in [-0.2, -0.15) is 10.3 Å². The summed E-state index contributed by atoms with van der Waals surface area (Å²) in [5.41, 5.74) is -1.15. The Bertz CT molecular complexity index is 1200. The van der Waals surface area contributed by atoms with Gasteiger partial charge in [0.05, 0.1) is 12.2 Å². The molecule has 2 unspecified atom stereocenters. The van der Waals surface area contributed by atoms with E-state index >= 15 is 4.39 Å². The van der Waals surface area contributed by atoms with Crippen molar-refractivity contribution >= 4 is 11.6 Å². The summed E-state index contributed by atoms with van der Waals surface area (Å²) in [7, 11) is 1.73. The third-order valence-corrected chi connectivity index (χ3v) is 10.1. The molecule has 0 aromatic carbocycles. The van der Waals surface area contributed by atoms with Gasteiger partial charge in [-0.05, 0) is 74.7 Å². The quantitative estimate of drug-likeness (QED) is 0.285. The molecule has 0 amide bonds. The monoisotopic (exact) mass is 540 g/mol. The number of hydroxylamine groups is 2. The fourth-order valence-electron chi connectivity index (χ4n) is 8.60. The Labute approximate surface area is 230 Å². The first-order chi connectivity index (χ1) is 18.2. The van der Waals surface area contributed by atoms with Crippen LogP contribution in [0.4, 0.5) is 4.39 Å². The second kappa shape index (κ2) is 10.5. The highest BCUT2D eigenvalue weighted by molar-refractivity contribution is 6.01. The van der Waals surface area contributed by atoms with Gasteiger partial charge >= 0.3 is 0 Å². The Morgan fingerprint density at radius 2 is 2.00 bits per heavy atom. The summed E-state index contributed by atoms with van der Waals surface area (Å²) in [6.07, 6.45) is 7.00. The third kappa shape index (κ3) is 4.58. The van der Waals surface area contributed by atoms with Gasteiger partial charge in [0.2, 0.25) is 0 Å². The molecule has 2 N–H and O–H groups in total. The van der Waals surface area contributed by atoms with E-state index in [1.54, 1.807) is 31.2 Å². The normalized spacial score (nSPS) is 42.0. The van der Waals surface area contributed by atoms with E-state index in [-0.39, 0.29) is 42.3 Å².